The highest BCUT2D eigenvalue weighted by Crippen LogP contribution is 2.18. The predicted octanol–water partition coefficient (Wildman–Crippen LogP) is 3.32. The Balaban J connectivity index is 1.50. The van der Waals surface area contributed by atoms with Crippen molar-refractivity contribution in [3.8, 4) is 5.75 Å². The van der Waals surface area contributed by atoms with E-state index in [4.69, 9.17) is 13.9 Å². The molecule has 5 heteroatoms. The molecular formula is C19H23NO4. The number of para-hydroxylation sites is 1. The molecule has 1 aliphatic heterocycles. The van der Waals surface area contributed by atoms with Gasteiger partial charge >= 0.3 is 0 Å². The largest absolute Gasteiger partial charge is 0.486 e. The molecule has 128 valence electrons. The van der Waals surface area contributed by atoms with Crippen molar-refractivity contribution in [3.63, 3.8) is 0 Å². The summed E-state index contributed by atoms with van der Waals surface area (Å²) >= 11 is 0. The first-order valence-electron chi connectivity index (χ1n) is 8.35. The second-order valence-corrected chi connectivity index (χ2v) is 6.10. The summed E-state index contributed by atoms with van der Waals surface area (Å²) < 4.78 is 16.6. The zero-order valence-corrected chi connectivity index (χ0v) is 13.9. The van der Waals surface area contributed by atoms with E-state index in [1.807, 2.05) is 43.3 Å². The lowest BCUT2D eigenvalue weighted by Crippen LogP contribution is -2.26. The number of amides is 1. The van der Waals surface area contributed by atoms with Gasteiger partial charge in [0, 0.05) is 25.3 Å². The molecule has 1 atom stereocenters. The molecule has 0 aliphatic carbocycles. The highest BCUT2D eigenvalue weighted by Gasteiger charge is 2.18. The van der Waals surface area contributed by atoms with Crippen LogP contribution in [-0.4, -0.2) is 25.7 Å². The standard InChI is InChI=1S/C19H23NO4/c1-14-11-17(13-23-16-5-3-2-4-6-16)24-18(14)19(21)20-9-7-15-8-10-22-12-15/h2-6,11,15H,7-10,12-13H2,1H3,(H,20,21)/t15-/m0/s1. The van der Waals surface area contributed by atoms with Crippen LogP contribution < -0.4 is 10.1 Å². The van der Waals surface area contributed by atoms with Gasteiger partial charge in [0.2, 0.25) is 0 Å². The van der Waals surface area contributed by atoms with Crippen LogP contribution in [0.25, 0.3) is 0 Å². The maximum atomic E-state index is 12.2. The van der Waals surface area contributed by atoms with Crippen LogP contribution in [0, 0.1) is 12.8 Å². The molecule has 0 saturated carbocycles. The van der Waals surface area contributed by atoms with Crippen molar-refractivity contribution in [1.82, 2.24) is 5.32 Å². The van der Waals surface area contributed by atoms with Gasteiger partial charge < -0.3 is 19.2 Å². The summed E-state index contributed by atoms with van der Waals surface area (Å²) in [5.74, 6) is 2.17. The van der Waals surface area contributed by atoms with Gasteiger partial charge in [0.15, 0.2) is 5.76 Å². The molecule has 0 unspecified atom stereocenters. The molecule has 5 nitrogen and oxygen atoms in total. The molecule has 0 bridgehead atoms. The third-order valence-electron chi connectivity index (χ3n) is 4.16. The van der Waals surface area contributed by atoms with Gasteiger partial charge in [-0.3, -0.25) is 4.79 Å². The Kier molecular flexibility index (Phi) is 5.54. The number of nitrogens with one attached hydrogen (secondary N) is 1. The van der Waals surface area contributed by atoms with Crippen molar-refractivity contribution in [2.45, 2.75) is 26.4 Å². The highest BCUT2D eigenvalue weighted by molar-refractivity contribution is 5.92. The molecule has 24 heavy (non-hydrogen) atoms. The van der Waals surface area contributed by atoms with Crippen LogP contribution in [0.15, 0.2) is 40.8 Å². The van der Waals surface area contributed by atoms with Crippen molar-refractivity contribution >= 4 is 5.91 Å². The molecule has 1 fully saturated rings. The number of rotatable bonds is 7. The van der Waals surface area contributed by atoms with E-state index in [1.165, 1.54) is 0 Å². The molecule has 3 rings (SSSR count). The van der Waals surface area contributed by atoms with E-state index in [0.29, 0.717) is 30.6 Å². The molecule has 1 aromatic carbocycles. The Hall–Kier alpha value is -2.27. The molecule has 2 aromatic rings. The van der Waals surface area contributed by atoms with Crippen LogP contribution in [0.5, 0.6) is 5.75 Å². The Morgan fingerprint density at radius 3 is 2.92 bits per heavy atom. The fourth-order valence-corrected chi connectivity index (χ4v) is 2.80. The van der Waals surface area contributed by atoms with Crippen molar-refractivity contribution in [3.05, 3.63) is 53.5 Å². The molecule has 1 amide bonds. The minimum atomic E-state index is -0.169. The number of furan rings is 1. The van der Waals surface area contributed by atoms with Gasteiger partial charge in [-0.2, -0.15) is 0 Å². The van der Waals surface area contributed by atoms with Crippen LogP contribution >= 0.6 is 0 Å². The monoisotopic (exact) mass is 329 g/mol. The van der Waals surface area contributed by atoms with Gasteiger partial charge in [0.1, 0.15) is 18.1 Å². The number of benzene rings is 1. The average molecular weight is 329 g/mol. The second-order valence-electron chi connectivity index (χ2n) is 6.10. The van der Waals surface area contributed by atoms with Crippen LogP contribution in [0.4, 0.5) is 0 Å². The van der Waals surface area contributed by atoms with Crippen LogP contribution in [0.1, 0.15) is 34.7 Å². The smallest absolute Gasteiger partial charge is 0.287 e. The van der Waals surface area contributed by atoms with E-state index in [2.05, 4.69) is 5.32 Å². The van der Waals surface area contributed by atoms with Gasteiger partial charge in [-0.25, -0.2) is 0 Å². The molecule has 1 saturated heterocycles. The van der Waals surface area contributed by atoms with Crippen LogP contribution in [0.3, 0.4) is 0 Å². The van der Waals surface area contributed by atoms with Gasteiger partial charge in [-0.05, 0) is 43.9 Å². The normalized spacial score (nSPS) is 17.0. The Morgan fingerprint density at radius 1 is 1.33 bits per heavy atom. The van der Waals surface area contributed by atoms with E-state index < -0.39 is 0 Å². The molecule has 0 radical (unpaired) electrons. The first-order chi connectivity index (χ1) is 11.7. The van der Waals surface area contributed by atoms with Gasteiger partial charge in [0.05, 0.1) is 0 Å². The summed E-state index contributed by atoms with van der Waals surface area (Å²) in [4.78, 5) is 12.2. The maximum absolute atomic E-state index is 12.2. The minimum absolute atomic E-state index is 0.169. The summed E-state index contributed by atoms with van der Waals surface area (Å²) in [5, 5.41) is 2.92. The molecular weight excluding hydrogens is 306 g/mol. The topological polar surface area (TPSA) is 60.7 Å². The zero-order valence-electron chi connectivity index (χ0n) is 13.9. The van der Waals surface area contributed by atoms with E-state index in [9.17, 15) is 4.79 Å². The van der Waals surface area contributed by atoms with Crippen LogP contribution in [-0.2, 0) is 11.3 Å². The third-order valence-corrected chi connectivity index (χ3v) is 4.16. The predicted molar refractivity (Wildman–Crippen MR) is 90.1 cm³/mol. The number of aryl methyl sites for hydroxylation is 1. The Bertz CT molecular complexity index is 659. The minimum Gasteiger partial charge on any atom is -0.486 e. The lowest BCUT2D eigenvalue weighted by Gasteiger charge is -2.08. The van der Waals surface area contributed by atoms with E-state index >= 15 is 0 Å². The van der Waals surface area contributed by atoms with E-state index in [1.54, 1.807) is 0 Å². The summed E-state index contributed by atoms with van der Waals surface area (Å²) in [7, 11) is 0. The van der Waals surface area contributed by atoms with E-state index in [-0.39, 0.29) is 5.91 Å². The van der Waals surface area contributed by atoms with Crippen molar-refractivity contribution in [1.29, 1.82) is 0 Å². The van der Waals surface area contributed by atoms with Gasteiger partial charge in [0.25, 0.3) is 5.91 Å². The molecule has 2 heterocycles. The van der Waals surface area contributed by atoms with Crippen molar-refractivity contribution in [2.24, 2.45) is 5.92 Å². The first-order valence-corrected chi connectivity index (χ1v) is 8.35. The molecule has 1 aromatic heterocycles. The summed E-state index contributed by atoms with van der Waals surface area (Å²) in [6, 6.07) is 11.4. The van der Waals surface area contributed by atoms with Gasteiger partial charge in [-0.15, -0.1) is 0 Å². The summed E-state index contributed by atoms with van der Waals surface area (Å²) in [6.07, 6.45) is 2.02. The van der Waals surface area contributed by atoms with E-state index in [0.717, 1.165) is 37.4 Å². The summed E-state index contributed by atoms with van der Waals surface area (Å²) in [6.45, 7) is 4.45. The van der Waals surface area contributed by atoms with Crippen molar-refractivity contribution in [2.75, 3.05) is 19.8 Å². The van der Waals surface area contributed by atoms with Crippen LogP contribution in [0.2, 0.25) is 0 Å². The number of ether oxygens (including phenoxy) is 2. The average Bonchev–Trinajstić information content (AvgIpc) is 3.23. The fraction of sp³-hybridized carbons (Fsp3) is 0.421. The number of hydrogen-bond acceptors (Lipinski definition) is 4. The van der Waals surface area contributed by atoms with Crippen molar-refractivity contribution < 1.29 is 18.7 Å². The third kappa shape index (κ3) is 4.38. The SMILES string of the molecule is Cc1cc(COc2ccccc2)oc1C(=O)NCC[C@H]1CCOC1. The fourth-order valence-electron chi connectivity index (χ4n) is 2.80. The Labute approximate surface area is 141 Å². The van der Waals surface area contributed by atoms with Gasteiger partial charge in [-0.1, -0.05) is 18.2 Å². The number of carbonyl (C=O) groups is 1. The molecule has 1 N–H and O–H groups in total. The second kappa shape index (κ2) is 8.02. The highest BCUT2D eigenvalue weighted by atomic mass is 16.5. The Morgan fingerprint density at radius 2 is 2.17 bits per heavy atom. The molecule has 0 spiro atoms. The maximum Gasteiger partial charge on any atom is 0.287 e. The quantitative estimate of drug-likeness (QED) is 0.846. The zero-order chi connectivity index (χ0) is 16.8. The number of hydrogen-bond donors (Lipinski definition) is 1. The summed E-state index contributed by atoms with van der Waals surface area (Å²) in [5.41, 5.74) is 0.823. The number of carbonyl (C=O) groups excluding carboxylic acids is 1. The first kappa shape index (κ1) is 16.6. The lowest BCUT2D eigenvalue weighted by atomic mass is 10.1. The molecule has 1 aliphatic rings. The lowest BCUT2D eigenvalue weighted by molar-refractivity contribution is 0.0917.